The van der Waals surface area contributed by atoms with Crippen LogP contribution in [0.1, 0.15) is 32.8 Å². The number of benzene rings is 2. The third-order valence-electron chi connectivity index (χ3n) is 4.06. The van der Waals surface area contributed by atoms with Crippen LogP contribution < -0.4 is 14.4 Å². The zero-order valence-corrected chi connectivity index (χ0v) is 17.8. The monoisotopic (exact) mass is 404 g/mol. The molecule has 0 radical (unpaired) electrons. The fourth-order valence-corrected chi connectivity index (χ4v) is 4.17. The van der Waals surface area contributed by atoms with Gasteiger partial charge in [0.05, 0.1) is 18.0 Å². The van der Waals surface area contributed by atoms with Crippen LogP contribution in [0.2, 0.25) is 0 Å². The number of nitrogens with one attached hydrogen (secondary N) is 1. The maximum absolute atomic E-state index is 13.0. The second-order valence-electron chi connectivity index (χ2n) is 7.01. The van der Waals surface area contributed by atoms with Crippen molar-refractivity contribution in [2.45, 2.75) is 46.3 Å². The van der Waals surface area contributed by atoms with E-state index in [-0.39, 0.29) is 6.10 Å². The summed E-state index contributed by atoms with van der Waals surface area (Å²) in [5.74, 6) is 0.246. The first-order chi connectivity index (χ1) is 13.1. The van der Waals surface area contributed by atoms with E-state index < -0.39 is 22.0 Å². The smallest absolute Gasteiger partial charge is 0.248 e. The summed E-state index contributed by atoms with van der Waals surface area (Å²) in [6.07, 6.45) is 1.45. The van der Waals surface area contributed by atoms with E-state index in [1.807, 2.05) is 32.9 Å². The average molecular weight is 405 g/mol. The van der Waals surface area contributed by atoms with E-state index in [0.717, 1.165) is 11.8 Å². The number of amides is 1. The summed E-state index contributed by atoms with van der Waals surface area (Å²) >= 11 is 0. The minimum absolute atomic E-state index is 0.0105. The van der Waals surface area contributed by atoms with Gasteiger partial charge in [-0.3, -0.25) is 9.10 Å². The van der Waals surface area contributed by atoms with E-state index in [0.29, 0.717) is 23.5 Å². The van der Waals surface area contributed by atoms with Crippen molar-refractivity contribution in [3.05, 3.63) is 54.1 Å². The van der Waals surface area contributed by atoms with E-state index >= 15 is 0 Å². The molecule has 0 spiro atoms. The number of aryl methyl sites for hydroxylation is 1. The van der Waals surface area contributed by atoms with Crippen molar-refractivity contribution in [2.75, 3.05) is 15.9 Å². The first-order valence-corrected chi connectivity index (χ1v) is 11.1. The molecule has 0 bridgehead atoms. The van der Waals surface area contributed by atoms with Gasteiger partial charge in [-0.25, -0.2) is 8.42 Å². The Bertz CT molecular complexity index is 926. The molecule has 2 aromatic rings. The summed E-state index contributed by atoms with van der Waals surface area (Å²) in [5.41, 5.74) is 1.95. The topological polar surface area (TPSA) is 75.7 Å². The zero-order chi connectivity index (χ0) is 20.9. The van der Waals surface area contributed by atoms with E-state index in [4.69, 9.17) is 4.74 Å². The molecule has 0 aliphatic heterocycles. The number of carbonyl (C=O) groups is 1. The van der Waals surface area contributed by atoms with E-state index in [1.54, 1.807) is 43.3 Å². The van der Waals surface area contributed by atoms with Crippen LogP contribution in [0, 0.1) is 6.92 Å². The molecule has 28 heavy (non-hydrogen) atoms. The van der Waals surface area contributed by atoms with Gasteiger partial charge in [-0.2, -0.15) is 0 Å². The van der Waals surface area contributed by atoms with Crippen molar-refractivity contribution in [1.29, 1.82) is 0 Å². The number of hydrogen-bond donors (Lipinski definition) is 1. The first-order valence-electron chi connectivity index (χ1n) is 9.25. The molecule has 7 heteroatoms. The SMILES string of the molecule is CC[C@H](C(=O)Nc1cccc(OC(C)C)c1)N(c1cccc(C)c1)S(C)(=O)=O. The highest BCUT2D eigenvalue weighted by Gasteiger charge is 2.31. The maximum atomic E-state index is 13.0. The van der Waals surface area contributed by atoms with Crippen LogP contribution in [0.15, 0.2) is 48.5 Å². The highest BCUT2D eigenvalue weighted by Crippen LogP contribution is 2.25. The summed E-state index contributed by atoms with van der Waals surface area (Å²) in [7, 11) is -3.66. The molecule has 0 heterocycles. The molecular formula is C21H28N2O4S. The molecule has 2 aromatic carbocycles. The predicted molar refractivity (Wildman–Crippen MR) is 113 cm³/mol. The summed E-state index contributed by atoms with van der Waals surface area (Å²) in [6.45, 7) is 7.51. The van der Waals surface area contributed by atoms with E-state index in [9.17, 15) is 13.2 Å². The molecule has 0 aromatic heterocycles. The fourth-order valence-electron chi connectivity index (χ4n) is 2.97. The van der Waals surface area contributed by atoms with Crippen LogP contribution in [-0.2, 0) is 14.8 Å². The Hall–Kier alpha value is -2.54. The quantitative estimate of drug-likeness (QED) is 0.722. The molecule has 0 fully saturated rings. The maximum Gasteiger partial charge on any atom is 0.248 e. The van der Waals surface area contributed by atoms with Crippen LogP contribution in [-0.4, -0.2) is 32.7 Å². The third-order valence-corrected chi connectivity index (χ3v) is 5.24. The molecule has 152 valence electrons. The Balaban J connectivity index is 2.32. The Morgan fingerprint density at radius 3 is 2.39 bits per heavy atom. The zero-order valence-electron chi connectivity index (χ0n) is 17.0. The first kappa shape index (κ1) is 21.8. The van der Waals surface area contributed by atoms with Gasteiger partial charge in [-0.05, 0) is 57.0 Å². The summed E-state index contributed by atoms with van der Waals surface area (Å²) < 4.78 is 31.8. The third kappa shape index (κ3) is 5.73. The molecule has 0 aliphatic rings. The number of nitrogens with zero attached hydrogens (tertiary/aromatic N) is 1. The highest BCUT2D eigenvalue weighted by molar-refractivity contribution is 7.92. The van der Waals surface area contributed by atoms with Gasteiger partial charge < -0.3 is 10.1 Å². The van der Waals surface area contributed by atoms with Gasteiger partial charge in [0, 0.05) is 11.8 Å². The Kier molecular flexibility index (Phi) is 7.07. The number of carbonyl (C=O) groups excluding carboxylic acids is 1. The molecule has 6 nitrogen and oxygen atoms in total. The molecule has 1 amide bonds. The van der Waals surface area contributed by atoms with Crippen molar-refractivity contribution in [1.82, 2.24) is 0 Å². The van der Waals surface area contributed by atoms with Crippen LogP contribution >= 0.6 is 0 Å². The standard InChI is InChI=1S/C21H28N2O4S/c1-6-20(23(28(5,25)26)18-11-7-9-16(4)13-18)21(24)22-17-10-8-12-19(14-17)27-15(2)3/h7-15,20H,6H2,1-5H3,(H,22,24)/t20-/m1/s1. The minimum Gasteiger partial charge on any atom is -0.491 e. The van der Waals surface area contributed by atoms with Crippen molar-refractivity contribution in [3.8, 4) is 5.75 Å². The number of anilines is 2. The Labute approximate surface area is 167 Å². The van der Waals surface area contributed by atoms with Crippen molar-refractivity contribution in [2.24, 2.45) is 0 Å². The molecule has 0 unspecified atom stereocenters. The largest absolute Gasteiger partial charge is 0.491 e. The second-order valence-corrected chi connectivity index (χ2v) is 8.86. The van der Waals surface area contributed by atoms with Gasteiger partial charge >= 0.3 is 0 Å². The Morgan fingerprint density at radius 1 is 1.14 bits per heavy atom. The van der Waals surface area contributed by atoms with Crippen molar-refractivity contribution < 1.29 is 17.9 Å². The molecule has 0 aliphatic carbocycles. The van der Waals surface area contributed by atoms with E-state index in [2.05, 4.69) is 5.32 Å². The minimum atomic E-state index is -3.66. The van der Waals surface area contributed by atoms with Gasteiger partial charge in [0.1, 0.15) is 11.8 Å². The number of hydrogen-bond acceptors (Lipinski definition) is 4. The lowest BCUT2D eigenvalue weighted by Gasteiger charge is -2.30. The summed E-state index contributed by atoms with van der Waals surface area (Å²) in [5, 5.41) is 2.82. The second kappa shape index (κ2) is 9.10. The van der Waals surface area contributed by atoms with Gasteiger partial charge in [0.15, 0.2) is 0 Å². The molecule has 1 atom stereocenters. The normalized spacial score (nSPS) is 12.5. The van der Waals surface area contributed by atoms with Gasteiger partial charge in [-0.1, -0.05) is 25.1 Å². The molecule has 0 saturated heterocycles. The van der Waals surface area contributed by atoms with Crippen molar-refractivity contribution in [3.63, 3.8) is 0 Å². The summed E-state index contributed by atoms with van der Waals surface area (Å²) in [4.78, 5) is 13.0. The van der Waals surface area contributed by atoms with Crippen LogP contribution in [0.5, 0.6) is 5.75 Å². The lowest BCUT2D eigenvalue weighted by Crippen LogP contribution is -2.47. The van der Waals surface area contributed by atoms with Gasteiger partial charge in [-0.15, -0.1) is 0 Å². The number of ether oxygens (including phenoxy) is 1. The summed E-state index contributed by atoms with van der Waals surface area (Å²) in [6, 6.07) is 13.3. The molecule has 2 rings (SSSR count). The highest BCUT2D eigenvalue weighted by atomic mass is 32.2. The van der Waals surface area contributed by atoms with Gasteiger partial charge in [0.2, 0.25) is 15.9 Å². The molecule has 0 saturated carbocycles. The molecular weight excluding hydrogens is 376 g/mol. The van der Waals surface area contributed by atoms with Crippen LogP contribution in [0.25, 0.3) is 0 Å². The average Bonchev–Trinajstić information content (AvgIpc) is 2.58. The predicted octanol–water partition coefficient (Wildman–Crippen LogP) is 3.97. The Morgan fingerprint density at radius 2 is 1.82 bits per heavy atom. The van der Waals surface area contributed by atoms with Crippen LogP contribution in [0.4, 0.5) is 11.4 Å². The lowest BCUT2D eigenvalue weighted by molar-refractivity contribution is -0.117. The van der Waals surface area contributed by atoms with Crippen LogP contribution in [0.3, 0.4) is 0 Å². The number of rotatable bonds is 8. The molecule has 1 N–H and O–H groups in total. The van der Waals surface area contributed by atoms with E-state index in [1.165, 1.54) is 4.31 Å². The lowest BCUT2D eigenvalue weighted by atomic mass is 10.1. The van der Waals surface area contributed by atoms with Gasteiger partial charge in [0.25, 0.3) is 0 Å². The fraction of sp³-hybridized carbons (Fsp3) is 0.381. The number of sulfonamides is 1. The van der Waals surface area contributed by atoms with Crippen molar-refractivity contribution >= 4 is 27.3 Å².